The van der Waals surface area contributed by atoms with Crippen molar-refractivity contribution < 1.29 is 4.79 Å². The summed E-state index contributed by atoms with van der Waals surface area (Å²) in [5.41, 5.74) is 2.80. The molecule has 4 rings (SSSR count). The molecular formula is C20H19ClN6O. The second-order valence-electron chi connectivity index (χ2n) is 6.81. The lowest BCUT2D eigenvalue weighted by Crippen LogP contribution is -2.33. The number of nitrogens with zero attached hydrogens (tertiary/aromatic N) is 5. The number of pyridine rings is 2. The Bertz CT molecular complexity index is 1090. The van der Waals surface area contributed by atoms with Gasteiger partial charge in [-0.3, -0.25) is 4.79 Å². The summed E-state index contributed by atoms with van der Waals surface area (Å²) in [6.45, 7) is 4.45. The number of hydrogen-bond donors (Lipinski definition) is 1. The molecule has 1 aliphatic rings. The van der Waals surface area contributed by atoms with Gasteiger partial charge >= 0.3 is 0 Å². The monoisotopic (exact) mass is 394 g/mol. The Balaban J connectivity index is 1.73. The largest absolute Gasteiger partial charge is 0.355 e. The number of anilines is 1. The summed E-state index contributed by atoms with van der Waals surface area (Å²) in [6.07, 6.45) is 4.29. The normalized spacial score (nSPS) is 14.8. The van der Waals surface area contributed by atoms with Crippen LogP contribution in [0.25, 0.3) is 22.3 Å². The Morgan fingerprint density at radius 2 is 2.11 bits per heavy atom. The average Bonchev–Trinajstić information content (AvgIpc) is 2.94. The number of nitriles is 1. The first-order valence-electron chi connectivity index (χ1n) is 9.11. The molecule has 0 bridgehead atoms. The number of rotatable bonds is 2. The van der Waals surface area contributed by atoms with Crippen molar-refractivity contribution in [3.63, 3.8) is 0 Å². The average molecular weight is 395 g/mol. The van der Waals surface area contributed by atoms with Crippen LogP contribution in [0.3, 0.4) is 0 Å². The molecule has 0 radical (unpaired) electrons. The Morgan fingerprint density at radius 3 is 2.89 bits per heavy atom. The van der Waals surface area contributed by atoms with E-state index in [1.54, 1.807) is 25.3 Å². The third kappa shape index (κ3) is 3.51. The zero-order chi connectivity index (χ0) is 19.7. The summed E-state index contributed by atoms with van der Waals surface area (Å²) in [6, 6.07) is 7.64. The van der Waals surface area contributed by atoms with Crippen LogP contribution in [0.4, 0.5) is 5.82 Å². The highest BCUT2D eigenvalue weighted by atomic mass is 35.5. The number of aromatic amines is 1. The minimum atomic E-state index is 0.0874. The molecule has 0 saturated carbocycles. The molecule has 1 saturated heterocycles. The molecule has 28 heavy (non-hydrogen) atoms. The van der Waals surface area contributed by atoms with E-state index in [0.717, 1.165) is 41.9 Å². The van der Waals surface area contributed by atoms with Gasteiger partial charge in [0.05, 0.1) is 22.3 Å². The van der Waals surface area contributed by atoms with Crippen LogP contribution in [0.5, 0.6) is 0 Å². The minimum absolute atomic E-state index is 0.0874. The van der Waals surface area contributed by atoms with E-state index >= 15 is 0 Å². The molecule has 8 heteroatoms. The first-order valence-corrected chi connectivity index (χ1v) is 9.48. The molecule has 1 N–H and O–H groups in total. The molecule has 4 heterocycles. The van der Waals surface area contributed by atoms with Crippen molar-refractivity contribution in [1.29, 1.82) is 5.26 Å². The molecule has 3 aromatic heterocycles. The number of nitrogens with one attached hydrogen (secondary N) is 1. The van der Waals surface area contributed by atoms with Crippen molar-refractivity contribution in [1.82, 2.24) is 19.9 Å². The van der Waals surface area contributed by atoms with E-state index in [4.69, 9.17) is 16.6 Å². The van der Waals surface area contributed by atoms with Crippen LogP contribution < -0.4 is 4.90 Å². The van der Waals surface area contributed by atoms with E-state index < -0.39 is 0 Å². The smallest absolute Gasteiger partial charge is 0.219 e. The maximum Gasteiger partial charge on any atom is 0.219 e. The molecule has 0 atom stereocenters. The molecule has 3 aromatic rings. The topological polar surface area (TPSA) is 88.9 Å². The molecule has 0 spiro atoms. The molecular weight excluding hydrogens is 376 g/mol. The third-order valence-corrected chi connectivity index (χ3v) is 5.19. The van der Waals surface area contributed by atoms with Gasteiger partial charge in [-0.25, -0.2) is 9.97 Å². The fourth-order valence-electron chi connectivity index (χ4n) is 3.53. The summed E-state index contributed by atoms with van der Waals surface area (Å²) >= 11 is 6.11. The van der Waals surface area contributed by atoms with Gasteiger partial charge < -0.3 is 14.8 Å². The first kappa shape index (κ1) is 18.3. The van der Waals surface area contributed by atoms with Gasteiger partial charge in [0, 0.05) is 56.4 Å². The predicted octanol–water partition coefficient (Wildman–Crippen LogP) is 3.21. The van der Waals surface area contributed by atoms with Crippen molar-refractivity contribution in [3.8, 4) is 17.3 Å². The van der Waals surface area contributed by atoms with Gasteiger partial charge in [0.2, 0.25) is 5.91 Å². The van der Waals surface area contributed by atoms with E-state index in [-0.39, 0.29) is 5.91 Å². The van der Waals surface area contributed by atoms with Crippen LogP contribution in [0.1, 0.15) is 18.9 Å². The lowest BCUT2D eigenvalue weighted by molar-refractivity contribution is -0.128. The Kier molecular flexibility index (Phi) is 4.88. The number of fused-ring (bicyclic) bond motifs is 1. The van der Waals surface area contributed by atoms with E-state index in [1.807, 2.05) is 17.2 Å². The van der Waals surface area contributed by atoms with Gasteiger partial charge in [0.15, 0.2) is 0 Å². The van der Waals surface area contributed by atoms with Gasteiger partial charge in [-0.1, -0.05) is 11.6 Å². The van der Waals surface area contributed by atoms with E-state index in [9.17, 15) is 10.1 Å². The fourth-order valence-corrected chi connectivity index (χ4v) is 3.69. The van der Waals surface area contributed by atoms with Gasteiger partial charge in [-0.2, -0.15) is 5.26 Å². The second kappa shape index (κ2) is 7.49. The highest BCUT2D eigenvalue weighted by Crippen LogP contribution is 2.30. The maximum absolute atomic E-state index is 11.7. The molecule has 1 amide bonds. The molecule has 142 valence electrons. The highest BCUT2D eigenvalue weighted by Gasteiger charge is 2.19. The van der Waals surface area contributed by atoms with Crippen LogP contribution >= 0.6 is 11.6 Å². The van der Waals surface area contributed by atoms with Crippen molar-refractivity contribution >= 4 is 34.4 Å². The van der Waals surface area contributed by atoms with Crippen LogP contribution in [0.2, 0.25) is 5.02 Å². The van der Waals surface area contributed by atoms with E-state index in [1.165, 1.54) is 0 Å². The molecule has 0 aliphatic carbocycles. The number of H-pyrrole nitrogens is 1. The van der Waals surface area contributed by atoms with Crippen molar-refractivity contribution in [3.05, 3.63) is 41.2 Å². The number of aromatic nitrogens is 3. The minimum Gasteiger partial charge on any atom is -0.355 e. The predicted molar refractivity (Wildman–Crippen MR) is 108 cm³/mol. The second-order valence-corrected chi connectivity index (χ2v) is 7.25. The number of carbonyl (C=O) groups is 1. The van der Waals surface area contributed by atoms with Crippen LogP contribution in [-0.4, -0.2) is 51.9 Å². The quantitative estimate of drug-likeness (QED) is 0.720. The number of amides is 1. The van der Waals surface area contributed by atoms with Crippen LogP contribution in [-0.2, 0) is 4.79 Å². The molecule has 1 fully saturated rings. The summed E-state index contributed by atoms with van der Waals surface area (Å²) in [4.78, 5) is 27.9. The van der Waals surface area contributed by atoms with Crippen molar-refractivity contribution in [2.75, 3.05) is 31.1 Å². The first-order chi connectivity index (χ1) is 13.5. The summed E-state index contributed by atoms with van der Waals surface area (Å²) < 4.78 is 0. The maximum atomic E-state index is 11.7. The Labute approximate surface area is 167 Å². The molecule has 1 aliphatic heterocycles. The van der Waals surface area contributed by atoms with Gasteiger partial charge in [-0.05, 0) is 24.6 Å². The zero-order valence-electron chi connectivity index (χ0n) is 15.4. The summed E-state index contributed by atoms with van der Waals surface area (Å²) in [5.74, 6) is 0.827. The van der Waals surface area contributed by atoms with Crippen molar-refractivity contribution in [2.45, 2.75) is 13.3 Å². The summed E-state index contributed by atoms with van der Waals surface area (Å²) in [5, 5.41) is 10.9. The Hall–Kier alpha value is -3.11. The summed E-state index contributed by atoms with van der Waals surface area (Å²) in [7, 11) is 0. The number of halogens is 1. The molecule has 0 aromatic carbocycles. The van der Waals surface area contributed by atoms with Crippen LogP contribution in [0.15, 0.2) is 30.6 Å². The Morgan fingerprint density at radius 1 is 1.25 bits per heavy atom. The van der Waals surface area contributed by atoms with Gasteiger partial charge in [-0.15, -0.1) is 0 Å². The van der Waals surface area contributed by atoms with Gasteiger partial charge in [0.1, 0.15) is 11.5 Å². The lowest BCUT2D eigenvalue weighted by atomic mass is 10.1. The van der Waals surface area contributed by atoms with E-state index in [2.05, 4.69) is 20.9 Å². The standard InChI is InChI=1S/C20H19ClN6O/c1-13(28)26-3-2-4-27(6-5-26)19-8-14(10-22)7-18(25-19)17-12-24-20-16(17)9-15(21)11-23-20/h7-9,11-12H,2-6H2,1H3,(H,23,24). The van der Waals surface area contributed by atoms with E-state index in [0.29, 0.717) is 29.4 Å². The van der Waals surface area contributed by atoms with Gasteiger partial charge in [0.25, 0.3) is 0 Å². The number of carbonyl (C=O) groups excluding carboxylic acids is 1. The fraction of sp³-hybridized carbons (Fsp3) is 0.300. The SMILES string of the molecule is CC(=O)N1CCCN(c2cc(C#N)cc(-c3c[nH]c4ncc(Cl)cc34)n2)CC1. The van der Waals surface area contributed by atoms with Crippen LogP contribution in [0, 0.1) is 11.3 Å². The van der Waals surface area contributed by atoms with Crippen molar-refractivity contribution in [2.24, 2.45) is 0 Å². The lowest BCUT2D eigenvalue weighted by Gasteiger charge is -2.23. The number of hydrogen-bond acceptors (Lipinski definition) is 5. The molecule has 0 unspecified atom stereocenters. The zero-order valence-corrected chi connectivity index (χ0v) is 16.2. The third-order valence-electron chi connectivity index (χ3n) is 4.98. The molecule has 7 nitrogen and oxygen atoms in total. The highest BCUT2D eigenvalue weighted by molar-refractivity contribution is 6.31.